The highest BCUT2D eigenvalue weighted by atomic mass is 28.3. The highest BCUT2D eigenvalue weighted by Gasteiger charge is 2.44. The number of fused-ring (bicyclic) bond motifs is 8. The average molecular weight is 660 g/mol. The van der Waals surface area contributed by atoms with Crippen molar-refractivity contribution < 1.29 is 22.4 Å². The van der Waals surface area contributed by atoms with E-state index in [2.05, 4.69) is 67.3 Å². The van der Waals surface area contributed by atoms with Gasteiger partial charge in [-0.25, -0.2) is 8.78 Å². The molecule has 0 aromatic heterocycles. The Morgan fingerprint density at radius 1 is 0.896 bits per heavy atom. The molecule has 2 aliphatic heterocycles. The summed E-state index contributed by atoms with van der Waals surface area (Å²) in [5.74, 6) is 0.529. The Morgan fingerprint density at radius 3 is 2.44 bits per heavy atom. The second-order valence-electron chi connectivity index (χ2n) is 13.8. The van der Waals surface area contributed by atoms with Crippen LogP contribution in [0.15, 0.2) is 97.1 Å². The summed E-state index contributed by atoms with van der Waals surface area (Å²) in [5, 5.41) is 1.60. The van der Waals surface area contributed by atoms with Gasteiger partial charge in [0.25, 0.3) is 0 Å². The van der Waals surface area contributed by atoms with E-state index >= 15 is 4.39 Å². The van der Waals surface area contributed by atoms with Crippen LogP contribution in [0.3, 0.4) is 0 Å². The zero-order valence-electron chi connectivity index (χ0n) is 27.6. The largest absolute Gasteiger partial charge is 0.472 e. The molecule has 1 saturated heterocycles. The number of ether oxygens (including phenoxy) is 1. The second-order valence-corrected chi connectivity index (χ2v) is 15.0. The zero-order valence-corrected chi connectivity index (χ0v) is 29.0. The molecule has 0 amide bonds. The fraction of sp³-hybridized carbons (Fsp3) is 0.268. The van der Waals surface area contributed by atoms with Gasteiger partial charge < -0.3 is 18.5 Å². The van der Waals surface area contributed by atoms with Gasteiger partial charge in [0.05, 0.1) is 0 Å². The third-order valence-electron chi connectivity index (χ3n) is 10.5. The number of piperidine rings is 1. The molecule has 2 atom stereocenters. The van der Waals surface area contributed by atoms with Crippen LogP contribution in [0.1, 0.15) is 54.5 Å². The van der Waals surface area contributed by atoms with E-state index in [0.29, 0.717) is 17.1 Å². The van der Waals surface area contributed by atoms with Gasteiger partial charge in [0.1, 0.15) is 17.4 Å². The van der Waals surface area contributed by atoms with Crippen LogP contribution in [-0.4, -0.2) is 36.8 Å². The van der Waals surface area contributed by atoms with Crippen LogP contribution in [0.25, 0.3) is 28.0 Å². The number of nitrogens with zero attached hydrogens (tertiary/aromatic N) is 1. The van der Waals surface area contributed by atoms with E-state index in [1.807, 2.05) is 30.3 Å². The van der Waals surface area contributed by atoms with E-state index in [1.165, 1.54) is 17.8 Å². The number of anilines is 1. The molecule has 0 spiro atoms. The molecule has 5 aromatic carbocycles. The Bertz CT molecular complexity index is 2050. The Balaban J connectivity index is 1.25. The molecule has 0 radical (unpaired) electrons. The van der Waals surface area contributed by atoms with E-state index in [1.54, 1.807) is 19.2 Å². The summed E-state index contributed by atoms with van der Waals surface area (Å²) in [7, 11) is 0.823. The SMILES string of the molecule is CO[SiH2]OCC1CCCN(c2ccc(C3(c4ccccc4)C=Cc4c5c(c6ccc(F)cc6c4O3)-c3ccc(F)cc3C5(C)C)cc2)C1. The summed E-state index contributed by atoms with van der Waals surface area (Å²) in [6, 6.07) is 28.8. The van der Waals surface area contributed by atoms with Crippen molar-refractivity contribution in [1.82, 2.24) is 0 Å². The molecule has 8 rings (SSSR count). The lowest BCUT2D eigenvalue weighted by Gasteiger charge is -2.39. The van der Waals surface area contributed by atoms with Gasteiger partial charge >= 0.3 is 10.0 Å². The summed E-state index contributed by atoms with van der Waals surface area (Å²) in [6.45, 7) is 6.98. The van der Waals surface area contributed by atoms with Crippen molar-refractivity contribution in [3.8, 4) is 16.9 Å². The Labute approximate surface area is 283 Å². The van der Waals surface area contributed by atoms with Crippen LogP contribution in [0.5, 0.6) is 5.75 Å². The molecule has 4 nitrogen and oxygen atoms in total. The van der Waals surface area contributed by atoms with Crippen molar-refractivity contribution in [2.24, 2.45) is 5.92 Å². The third kappa shape index (κ3) is 4.99. The van der Waals surface area contributed by atoms with Gasteiger partial charge in [-0.05, 0) is 88.9 Å². The van der Waals surface area contributed by atoms with Gasteiger partial charge in [0.15, 0.2) is 5.60 Å². The quantitative estimate of drug-likeness (QED) is 0.129. The Hall–Kier alpha value is -4.30. The van der Waals surface area contributed by atoms with Crippen LogP contribution in [0.4, 0.5) is 14.5 Å². The highest BCUT2D eigenvalue weighted by Crippen LogP contribution is 2.58. The van der Waals surface area contributed by atoms with Gasteiger partial charge in [0, 0.05) is 60.0 Å². The highest BCUT2D eigenvalue weighted by molar-refractivity contribution is 6.17. The van der Waals surface area contributed by atoms with Crippen molar-refractivity contribution in [3.05, 3.63) is 137 Å². The molecule has 7 heteroatoms. The Kier molecular flexibility index (Phi) is 7.74. The molecule has 1 fully saturated rings. The second kappa shape index (κ2) is 12.0. The third-order valence-corrected chi connectivity index (χ3v) is 11.1. The lowest BCUT2D eigenvalue weighted by molar-refractivity contribution is 0.163. The summed E-state index contributed by atoms with van der Waals surface area (Å²) < 4.78 is 48.1. The van der Waals surface area contributed by atoms with Gasteiger partial charge in [-0.15, -0.1) is 0 Å². The summed E-state index contributed by atoms with van der Waals surface area (Å²) in [6.07, 6.45) is 6.57. The fourth-order valence-corrected chi connectivity index (χ4v) is 8.84. The van der Waals surface area contributed by atoms with Crippen LogP contribution >= 0.6 is 0 Å². The van der Waals surface area contributed by atoms with Crippen LogP contribution in [0, 0.1) is 17.6 Å². The van der Waals surface area contributed by atoms with Crippen LogP contribution in [0.2, 0.25) is 0 Å². The van der Waals surface area contributed by atoms with Crippen LogP contribution < -0.4 is 9.64 Å². The van der Waals surface area contributed by atoms with E-state index in [0.717, 1.165) is 76.9 Å². The molecule has 3 aliphatic rings. The van der Waals surface area contributed by atoms with Gasteiger partial charge in [-0.2, -0.15) is 0 Å². The lowest BCUT2D eigenvalue weighted by atomic mass is 9.76. The maximum absolute atomic E-state index is 15.1. The van der Waals surface area contributed by atoms with Gasteiger partial charge in [-0.3, -0.25) is 0 Å². The summed E-state index contributed by atoms with van der Waals surface area (Å²) in [4.78, 5) is 2.44. The molecule has 2 unspecified atom stereocenters. The summed E-state index contributed by atoms with van der Waals surface area (Å²) >= 11 is 0. The molecule has 244 valence electrons. The van der Waals surface area contributed by atoms with E-state index in [-0.39, 0.29) is 11.6 Å². The summed E-state index contributed by atoms with van der Waals surface area (Å²) in [5.41, 5.74) is 6.59. The van der Waals surface area contributed by atoms with Crippen LogP contribution in [-0.2, 0) is 19.9 Å². The normalized spacial score (nSPS) is 20.9. The first-order chi connectivity index (χ1) is 23.3. The average Bonchev–Trinajstić information content (AvgIpc) is 3.34. The lowest BCUT2D eigenvalue weighted by Crippen LogP contribution is -2.38. The predicted octanol–water partition coefficient (Wildman–Crippen LogP) is 8.65. The minimum atomic E-state index is -0.953. The number of hydrogen-bond acceptors (Lipinski definition) is 4. The molecule has 0 N–H and O–H groups in total. The smallest absolute Gasteiger partial charge is 0.304 e. The van der Waals surface area contributed by atoms with Crippen molar-refractivity contribution >= 4 is 32.5 Å². The van der Waals surface area contributed by atoms with E-state index in [9.17, 15) is 4.39 Å². The molecule has 0 saturated carbocycles. The maximum atomic E-state index is 15.1. The van der Waals surface area contributed by atoms with Crippen molar-refractivity contribution in [2.75, 3.05) is 31.7 Å². The molecule has 5 aromatic rings. The minimum Gasteiger partial charge on any atom is -0.472 e. The van der Waals surface area contributed by atoms with E-state index < -0.39 is 21.0 Å². The maximum Gasteiger partial charge on any atom is 0.304 e. The zero-order chi connectivity index (χ0) is 33.0. The first-order valence-corrected chi connectivity index (χ1v) is 17.9. The number of halogens is 2. The Morgan fingerprint density at radius 2 is 1.65 bits per heavy atom. The number of rotatable bonds is 7. The minimum absolute atomic E-state index is 0.265. The molecular weight excluding hydrogens is 621 g/mol. The first kappa shape index (κ1) is 31.0. The fourth-order valence-electron chi connectivity index (χ4n) is 8.25. The molecule has 0 bridgehead atoms. The number of benzene rings is 5. The number of hydrogen-bond donors (Lipinski definition) is 0. The van der Waals surface area contributed by atoms with Gasteiger partial charge in [-0.1, -0.05) is 74.5 Å². The van der Waals surface area contributed by atoms with Crippen molar-refractivity contribution in [3.63, 3.8) is 0 Å². The molecule has 2 heterocycles. The van der Waals surface area contributed by atoms with Gasteiger partial charge in [0.2, 0.25) is 0 Å². The van der Waals surface area contributed by atoms with E-state index in [4.69, 9.17) is 13.6 Å². The topological polar surface area (TPSA) is 30.9 Å². The standard InChI is InChI=1S/C41H39F2NO3Si/c1-40(2)36-23-30(43)14-18-33(36)37-32-17-13-29(42)22-35(32)39-34(38(37)40)19-20-41(47-39,27-9-5-4-6-10-27)28-11-15-31(16-12-28)44-21-7-8-26(24-44)25-46-48-45-3/h4-6,9-20,22-23,26H,7-8,21,24-25,48H2,1-3H3. The van der Waals surface area contributed by atoms with Crippen molar-refractivity contribution in [2.45, 2.75) is 37.7 Å². The molecule has 1 aliphatic carbocycles. The molecule has 48 heavy (non-hydrogen) atoms. The predicted molar refractivity (Wildman–Crippen MR) is 191 cm³/mol. The molecular formula is C41H39F2NO3Si. The first-order valence-electron chi connectivity index (χ1n) is 16.8. The van der Waals surface area contributed by atoms with Crippen molar-refractivity contribution in [1.29, 1.82) is 0 Å². The monoisotopic (exact) mass is 659 g/mol.